The van der Waals surface area contributed by atoms with E-state index in [2.05, 4.69) is 16.7 Å². The van der Waals surface area contributed by atoms with E-state index in [-0.39, 0.29) is 0 Å². The molecule has 1 aromatic rings. The zero-order chi connectivity index (χ0) is 15.0. The van der Waals surface area contributed by atoms with Crippen molar-refractivity contribution in [3.8, 4) is 0 Å². The van der Waals surface area contributed by atoms with Crippen molar-refractivity contribution in [3.63, 3.8) is 0 Å². The van der Waals surface area contributed by atoms with Crippen molar-refractivity contribution in [3.05, 3.63) is 35.4 Å². The van der Waals surface area contributed by atoms with Gasteiger partial charge in [0.1, 0.15) is 6.04 Å². The lowest BCUT2D eigenvalue weighted by Gasteiger charge is -2.14. The molecule has 110 valence electrons. The third-order valence-electron chi connectivity index (χ3n) is 2.96. The first-order valence-corrected chi connectivity index (χ1v) is 6.85. The van der Waals surface area contributed by atoms with Crippen LogP contribution in [0.3, 0.4) is 0 Å². The molecule has 3 N–H and O–H groups in total. The highest BCUT2D eigenvalue weighted by molar-refractivity contribution is 5.82. The largest absolute Gasteiger partial charge is 0.480 e. The molecule has 1 atom stereocenters. The normalized spacial score (nSPS) is 11.7. The number of carboxylic acids is 1. The minimum absolute atomic E-state index is 0.431. The highest BCUT2D eigenvalue weighted by Gasteiger charge is 2.18. The topological polar surface area (TPSA) is 78.4 Å². The fourth-order valence-corrected chi connectivity index (χ4v) is 1.94. The molecule has 1 aromatic carbocycles. The van der Waals surface area contributed by atoms with Crippen molar-refractivity contribution >= 4 is 12.0 Å². The molecule has 0 bridgehead atoms. The molecule has 20 heavy (non-hydrogen) atoms. The molecule has 0 aliphatic carbocycles. The van der Waals surface area contributed by atoms with Gasteiger partial charge in [-0.15, -0.1) is 0 Å². The van der Waals surface area contributed by atoms with Crippen molar-refractivity contribution < 1.29 is 14.7 Å². The van der Waals surface area contributed by atoms with E-state index in [4.69, 9.17) is 5.11 Å². The molecule has 0 saturated carbocycles. The molecule has 0 fully saturated rings. The number of urea groups is 1. The number of hydrogen-bond acceptors (Lipinski definition) is 2. The van der Waals surface area contributed by atoms with E-state index in [1.54, 1.807) is 0 Å². The van der Waals surface area contributed by atoms with Crippen molar-refractivity contribution in [1.82, 2.24) is 10.6 Å². The number of nitrogens with one attached hydrogen (secondary N) is 2. The number of carboxylic acid groups (broad SMARTS) is 1. The summed E-state index contributed by atoms with van der Waals surface area (Å²) in [5, 5.41) is 14.1. The van der Waals surface area contributed by atoms with E-state index in [1.807, 2.05) is 32.0 Å². The Bertz CT molecular complexity index is 460. The number of hydrogen-bond donors (Lipinski definition) is 3. The molecule has 0 spiro atoms. The van der Waals surface area contributed by atoms with Crippen LogP contribution in [0.5, 0.6) is 0 Å². The Balaban J connectivity index is 2.34. The van der Waals surface area contributed by atoms with E-state index in [0.29, 0.717) is 19.4 Å². The third-order valence-corrected chi connectivity index (χ3v) is 2.96. The second-order valence-electron chi connectivity index (χ2n) is 4.82. The van der Waals surface area contributed by atoms with Gasteiger partial charge in [0.15, 0.2) is 0 Å². The van der Waals surface area contributed by atoms with Crippen molar-refractivity contribution in [2.45, 2.75) is 39.2 Å². The van der Waals surface area contributed by atoms with Crippen molar-refractivity contribution in [2.24, 2.45) is 0 Å². The molecule has 0 saturated heterocycles. The number of carbonyl (C=O) groups excluding carboxylic acids is 1. The lowest BCUT2D eigenvalue weighted by atomic mass is 10.1. The number of aliphatic carboxylic acids is 1. The molecule has 0 aliphatic heterocycles. The average Bonchev–Trinajstić information content (AvgIpc) is 2.38. The van der Waals surface area contributed by atoms with Crippen LogP contribution in [0.4, 0.5) is 4.79 Å². The summed E-state index contributed by atoms with van der Waals surface area (Å²) in [4.78, 5) is 22.5. The van der Waals surface area contributed by atoms with Gasteiger partial charge < -0.3 is 15.7 Å². The highest BCUT2D eigenvalue weighted by Crippen LogP contribution is 2.04. The predicted molar refractivity (Wildman–Crippen MR) is 77.7 cm³/mol. The zero-order valence-corrected chi connectivity index (χ0v) is 12.0. The van der Waals surface area contributed by atoms with Gasteiger partial charge in [-0.05, 0) is 25.3 Å². The summed E-state index contributed by atoms with van der Waals surface area (Å²) in [5.41, 5.74) is 2.33. The first-order chi connectivity index (χ1) is 9.52. The zero-order valence-electron chi connectivity index (χ0n) is 12.0. The van der Waals surface area contributed by atoms with Crippen LogP contribution in [0.15, 0.2) is 24.3 Å². The molecule has 0 radical (unpaired) electrons. The predicted octanol–water partition coefficient (Wildman–Crippen LogP) is 2.09. The van der Waals surface area contributed by atoms with Crippen LogP contribution in [0.2, 0.25) is 0 Å². The minimum Gasteiger partial charge on any atom is -0.480 e. The second-order valence-corrected chi connectivity index (χ2v) is 4.82. The number of aryl methyl sites for hydroxylation is 1. The summed E-state index contributed by atoms with van der Waals surface area (Å²) in [5.74, 6) is -0.999. The molecule has 0 unspecified atom stereocenters. The maximum absolute atomic E-state index is 11.6. The molecule has 0 aromatic heterocycles. The Kier molecular flexibility index (Phi) is 6.56. The summed E-state index contributed by atoms with van der Waals surface area (Å²) in [7, 11) is 0. The summed E-state index contributed by atoms with van der Waals surface area (Å²) >= 11 is 0. The third kappa shape index (κ3) is 5.73. The molecule has 0 aliphatic rings. The van der Waals surface area contributed by atoms with Gasteiger partial charge in [-0.2, -0.15) is 0 Å². The summed E-state index contributed by atoms with van der Waals surface area (Å²) in [6.07, 6.45) is 1.86. The van der Waals surface area contributed by atoms with E-state index < -0.39 is 18.0 Å². The number of rotatable bonds is 7. The SMILES string of the molecule is CCC[C@H](NC(=O)NCCc1cccc(C)c1)C(=O)O. The number of amides is 2. The first-order valence-electron chi connectivity index (χ1n) is 6.85. The fourth-order valence-electron chi connectivity index (χ4n) is 1.94. The Labute approximate surface area is 119 Å². The maximum Gasteiger partial charge on any atom is 0.326 e. The van der Waals surface area contributed by atoms with Gasteiger partial charge in [-0.25, -0.2) is 9.59 Å². The molecule has 5 nitrogen and oxygen atoms in total. The smallest absolute Gasteiger partial charge is 0.326 e. The van der Waals surface area contributed by atoms with Gasteiger partial charge in [0.25, 0.3) is 0 Å². The molecular formula is C15H22N2O3. The lowest BCUT2D eigenvalue weighted by molar-refractivity contribution is -0.139. The van der Waals surface area contributed by atoms with Crippen LogP contribution in [-0.4, -0.2) is 29.7 Å². The minimum atomic E-state index is -0.999. The van der Waals surface area contributed by atoms with Gasteiger partial charge in [0.2, 0.25) is 0 Å². The monoisotopic (exact) mass is 278 g/mol. The summed E-state index contributed by atoms with van der Waals surface area (Å²) < 4.78 is 0. The Morgan fingerprint density at radius 3 is 2.70 bits per heavy atom. The Morgan fingerprint density at radius 2 is 2.10 bits per heavy atom. The summed E-state index contributed by atoms with van der Waals surface area (Å²) in [6.45, 7) is 4.38. The van der Waals surface area contributed by atoms with E-state index in [9.17, 15) is 9.59 Å². The van der Waals surface area contributed by atoms with E-state index in [1.165, 1.54) is 5.56 Å². The maximum atomic E-state index is 11.6. The van der Waals surface area contributed by atoms with Gasteiger partial charge in [0, 0.05) is 6.54 Å². The number of benzene rings is 1. The van der Waals surface area contributed by atoms with Gasteiger partial charge in [-0.3, -0.25) is 0 Å². The van der Waals surface area contributed by atoms with E-state index >= 15 is 0 Å². The van der Waals surface area contributed by atoms with Crippen LogP contribution in [-0.2, 0) is 11.2 Å². The molecule has 2 amide bonds. The van der Waals surface area contributed by atoms with Gasteiger partial charge in [0.05, 0.1) is 0 Å². The Hall–Kier alpha value is -2.04. The Morgan fingerprint density at radius 1 is 1.35 bits per heavy atom. The molecule has 0 heterocycles. The molecular weight excluding hydrogens is 256 g/mol. The molecule has 5 heteroatoms. The quantitative estimate of drug-likeness (QED) is 0.714. The van der Waals surface area contributed by atoms with Gasteiger partial charge >= 0.3 is 12.0 Å². The van der Waals surface area contributed by atoms with E-state index in [0.717, 1.165) is 12.0 Å². The highest BCUT2D eigenvalue weighted by atomic mass is 16.4. The second kappa shape index (κ2) is 8.19. The standard InChI is InChI=1S/C15H22N2O3/c1-3-5-13(14(18)19)17-15(20)16-9-8-12-7-4-6-11(2)10-12/h4,6-7,10,13H,3,5,8-9H2,1-2H3,(H,18,19)(H2,16,17,20)/t13-/m0/s1. The van der Waals surface area contributed by atoms with Crippen LogP contribution in [0.25, 0.3) is 0 Å². The average molecular weight is 278 g/mol. The van der Waals surface area contributed by atoms with Crippen LogP contribution < -0.4 is 10.6 Å². The lowest BCUT2D eigenvalue weighted by Crippen LogP contribution is -2.46. The number of carbonyl (C=O) groups is 2. The molecule has 1 rings (SSSR count). The van der Waals surface area contributed by atoms with Gasteiger partial charge in [-0.1, -0.05) is 43.2 Å². The van der Waals surface area contributed by atoms with Crippen molar-refractivity contribution in [1.29, 1.82) is 0 Å². The first kappa shape index (κ1) is 16.0. The summed E-state index contributed by atoms with van der Waals surface area (Å²) in [6, 6.07) is 6.82. The van der Waals surface area contributed by atoms with Crippen LogP contribution in [0.1, 0.15) is 30.9 Å². The van der Waals surface area contributed by atoms with Crippen LogP contribution in [0, 0.1) is 6.92 Å². The fraction of sp³-hybridized carbons (Fsp3) is 0.467. The van der Waals surface area contributed by atoms with Crippen molar-refractivity contribution in [2.75, 3.05) is 6.54 Å². The van der Waals surface area contributed by atoms with Crippen LogP contribution >= 0.6 is 0 Å².